The Labute approximate surface area is 163 Å². The van der Waals surface area contributed by atoms with E-state index >= 15 is 0 Å². The SMILES string of the molecule is CC(C)(C)NC(=O)c1ccccc1NC(=S)NC(=O)c1cccc(Cl)c1. The van der Waals surface area contributed by atoms with Crippen LogP contribution in [-0.2, 0) is 0 Å². The molecule has 2 aromatic rings. The summed E-state index contributed by atoms with van der Waals surface area (Å²) in [7, 11) is 0. The maximum absolute atomic E-state index is 12.4. The lowest BCUT2D eigenvalue weighted by molar-refractivity contribution is 0.0919. The zero-order valence-electron chi connectivity index (χ0n) is 14.7. The number of para-hydroxylation sites is 1. The molecule has 0 fully saturated rings. The van der Waals surface area contributed by atoms with Gasteiger partial charge in [0.15, 0.2) is 5.11 Å². The summed E-state index contributed by atoms with van der Waals surface area (Å²) in [6.45, 7) is 5.70. The molecule has 0 atom stereocenters. The first-order valence-electron chi connectivity index (χ1n) is 7.95. The van der Waals surface area contributed by atoms with Gasteiger partial charge in [-0.3, -0.25) is 14.9 Å². The predicted molar refractivity (Wildman–Crippen MR) is 109 cm³/mol. The first kappa shape index (κ1) is 19.9. The molecule has 0 bridgehead atoms. The highest BCUT2D eigenvalue weighted by atomic mass is 35.5. The molecule has 136 valence electrons. The summed E-state index contributed by atoms with van der Waals surface area (Å²) in [5.41, 5.74) is 0.957. The van der Waals surface area contributed by atoms with Crippen LogP contribution in [0.5, 0.6) is 0 Å². The topological polar surface area (TPSA) is 70.2 Å². The molecule has 3 N–H and O–H groups in total. The van der Waals surface area contributed by atoms with Gasteiger partial charge in [-0.15, -0.1) is 0 Å². The lowest BCUT2D eigenvalue weighted by Crippen LogP contribution is -2.41. The molecule has 0 unspecified atom stereocenters. The molecule has 2 rings (SSSR count). The number of anilines is 1. The van der Waals surface area contributed by atoms with Crippen LogP contribution in [-0.4, -0.2) is 22.5 Å². The standard InChI is InChI=1S/C19H20ClN3O2S/c1-19(2,3)23-17(25)14-9-4-5-10-15(14)21-18(26)22-16(24)12-7-6-8-13(20)11-12/h4-11H,1-3H3,(H,23,25)(H2,21,22,24,26). The second kappa shape index (κ2) is 8.29. The minimum Gasteiger partial charge on any atom is -0.347 e. The van der Waals surface area contributed by atoms with Gasteiger partial charge in [0.2, 0.25) is 0 Å². The molecule has 26 heavy (non-hydrogen) atoms. The number of halogens is 1. The lowest BCUT2D eigenvalue weighted by atomic mass is 10.1. The van der Waals surface area contributed by atoms with E-state index in [1.165, 1.54) is 0 Å². The minimum absolute atomic E-state index is 0.0889. The highest BCUT2D eigenvalue weighted by molar-refractivity contribution is 7.80. The molecule has 0 saturated heterocycles. The van der Waals surface area contributed by atoms with Gasteiger partial charge >= 0.3 is 0 Å². The van der Waals surface area contributed by atoms with Gasteiger partial charge in [-0.1, -0.05) is 29.8 Å². The summed E-state index contributed by atoms with van der Waals surface area (Å²) < 4.78 is 0. The fourth-order valence-corrected chi connectivity index (χ4v) is 2.55. The number of carbonyl (C=O) groups is 2. The van der Waals surface area contributed by atoms with E-state index in [0.29, 0.717) is 21.8 Å². The Morgan fingerprint density at radius 2 is 1.69 bits per heavy atom. The molecule has 0 aliphatic rings. The molecule has 0 aromatic heterocycles. The predicted octanol–water partition coefficient (Wildman–Crippen LogP) is 4.00. The number of nitrogens with one attached hydrogen (secondary N) is 3. The summed E-state index contributed by atoms with van der Waals surface area (Å²) in [5.74, 6) is -0.619. The van der Waals surface area contributed by atoms with Crippen LogP contribution in [0.2, 0.25) is 5.02 Å². The van der Waals surface area contributed by atoms with E-state index in [4.69, 9.17) is 23.8 Å². The van der Waals surface area contributed by atoms with Crippen molar-refractivity contribution in [2.45, 2.75) is 26.3 Å². The number of benzene rings is 2. The third-order valence-electron chi connectivity index (χ3n) is 3.22. The Bertz CT molecular complexity index is 847. The number of rotatable bonds is 3. The highest BCUT2D eigenvalue weighted by Gasteiger charge is 2.18. The normalized spacial score (nSPS) is 10.8. The van der Waals surface area contributed by atoms with E-state index < -0.39 is 0 Å². The molecular weight excluding hydrogens is 370 g/mol. The number of hydrogen-bond acceptors (Lipinski definition) is 3. The van der Waals surface area contributed by atoms with Crippen LogP contribution in [0.15, 0.2) is 48.5 Å². The van der Waals surface area contributed by atoms with Gasteiger partial charge in [-0.25, -0.2) is 0 Å². The van der Waals surface area contributed by atoms with E-state index in [1.807, 2.05) is 20.8 Å². The first-order chi connectivity index (χ1) is 12.2. The van der Waals surface area contributed by atoms with Gasteiger partial charge in [0, 0.05) is 16.1 Å². The quantitative estimate of drug-likeness (QED) is 0.694. The van der Waals surface area contributed by atoms with Gasteiger partial charge in [-0.05, 0) is 63.3 Å². The molecule has 0 spiro atoms. The molecule has 0 heterocycles. The molecule has 2 amide bonds. The van der Waals surface area contributed by atoms with Gasteiger partial charge in [0.1, 0.15) is 0 Å². The molecule has 0 aliphatic carbocycles. The van der Waals surface area contributed by atoms with Crippen LogP contribution < -0.4 is 16.0 Å². The molecule has 2 aromatic carbocycles. The van der Waals surface area contributed by atoms with Crippen molar-refractivity contribution in [2.24, 2.45) is 0 Å². The number of thiocarbonyl (C=S) groups is 1. The maximum atomic E-state index is 12.4. The Morgan fingerprint density at radius 3 is 2.35 bits per heavy atom. The third kappa shape index (κ3) is 5.82. The Balaban J connectivity index is 2.10. The van der Waals surface area contributed by atoms with Crippen LogP contribution in [0.4, 0.5) is 5.69 Å². The van der Waals surface area contributed by atoms with Crippen molar-refractivity contribution in [3.8, 4) is 0 Å². The van der Waals surface area contributed by atoms with Crippen molar-refractivity contribution in [1.82, 2.24) is 10.6 Å². The molecular formula is C19H20ClN3O2S. The molecule has 0 aliphatic heterocycles. The van der Waals surface area contributed by atoms with Crippen molar-refractivity contribution in [3.63, 3.8) is 0 Å². The van der Waals surface area contributed by atoms with Gasteiger partial charge in [-0.2, -0.15) is 0 Å². The molecule has 5 nitrogen and oxygen atoms in total. The Kier molecular flexibility index (Phi) is 6.34. The third-order valence-corrected chi connectivity index (χ3v) is 3.66. The van der Waals surface area contributed by atoms with E-state index in [9.17, 15) is 9.59 Å². The Morgan fingerprint density at radius 1 is 1.00 bits per heavy atom. The number of hydrogen-bond donors (Lipinski definition) is 3. The van der Waals surface area contributed by atoms with E-state index in [-0.39, 0.29) is 22.5 Å². The maximum Gasteiger partial charge on any atom is 0.257 e. The highest BCUT2D eigenvalue weighted by Crippen LogP contribution is 2.16. The van der Waals surface area contributed by atoms with Crippen LogP contribution in [0.3, 0.4) is 0 Å². The van der Waals surface area contributed by atoms with Crippen molar-refractivity contribution >= 4 is 46.4 Å². The van der Waals surface area contributed by atoms with Gasteiger partial charge in [0.05, 0.1) is 11.3 Å². The first-order valence-corrected chi connectivity index (χ1v) is 8.74. The molecule has 0 saturated carbocycles. The summed E-state index contributed by atoms with van der Waals surface area (Å²) in [6.07, 6.45) is 0. The smallest absolute Gasteiger partial charge is 0.257 e. The number of amides is 2. The fourth-order valence-electron chi connectivity index (χ4n) is 2.16. The summed E-state index contributed by atoms with van der Waals surface area (Å²) >= 11 is 11.1. The van der Waals surface area contributed by atoms with Crippen LogP contribution in [0.1, 0.15) is 41.5 Å². The van der Waals surface area contributed by atoms with Crippen molar-refractivity contribution in [1.29, 1.82) is 0 Å². The van der Waals surface area contributed by atoms with Crippen LogP contribution in [0, 0.1) is 0 Å². The van der Waals surface area contributed by atoms with Crippen molar-refractivity contribution < 1.29 is 9.59 Å². The average molecular weight is 390 g/mol. The van der Waals surface area contributed by atoms with Crippen LogP contribution in [0.25, 0.3) is 0 Å². The zero-order valence-corrected chi connectivity index (χ0v) is 16.3. The summed E-state index contributed by atoms with van der Waals surface area (Å²) in [5, 5.41) is 8.92. The van der Waals surface area contributed by atoms with Gasteiger partial charge < -0.3 is 10.6 Å². The Hall–Kier alpha value is -2.44. The zero-order chi connectivity index (χ0) is 19.3. The summed E-state index contributed by atoms with van der Waals surface area (Å²) in [6, 6.07) is 13.5. The lowest BCUT2D eigenvalue weighted by Gasteiger charge is -2.21. The second-order valence-corrected chi connectivity index (χ2v) is 7.51. The fraction of sp³-hybridized carbons (Fsp3) is 0.211. The average Bonchev–Trinajstić information content (AvgIpc) is 2.53. The van der Waals surface area contributed by atoms with Crippen molar-refractivity contribution in [3.05, 3.63) is 64.7 Å². The monoisotopic (exact) mass is 389 g/mol. The summed E-state index contributed by atoms with van der Waals surface area (Å²) in [4.78, 5) is 24.7. The number of carbonyl (C=O) groups excluding carboxylic acids is 2. The molecule has 0 radical (unpaired) electrons. The van der Waals surface area contributed by atoms with Gasteiger partial charge in [0.25, 0.3) is 11.8 Å². The second-order valence-electron chi connectivity index (χ2n) is 6.67. The molecule has 7 heteroatoms. The van der Waals surface area contributed by atoms with E-state index in [1.54, 1.807) is 48.5 Å². The van der Waals surface area contributed by atoms with Crippen LogP contribution >= 0.6 is 23.8 Å². The van der Waals surface area contributed by atoms with E-state index in [0.717, 1.165) is 0 Å². The minimum atomic E-state index is -0.387. The largest absolute Gasteiger partial charge is 0.347 e. The van der Waals surface area contributed by atoms with E-state index in [2.05, 4.69) is 16.0 Å². The van der Waals surface area contributed by atoms with Crippen molar-refractivity contribution in [2.75, 3.05) is 5.32 Å².